The number of phosphoric acid groups is 1. The van der Waals surface area contributed by atoms with Gasteiger partial charge in [0.1, 0.15) is 6.54 Å². The Hall–Kier alpha value is -0.760. The van der Waals surface area contributed by atoms with Crippen molar-refractivity contribution in [3.05, 3.63) is 12.2 Å². The van der Waals surface area contributed by atoms with Crippen molar-refractivity contribution in [2.75, 3.05) is 34.3 Å². The molecule has 0 spiro atoms. The normalized spacial score (nSPS) is 13.0. The largest absolute Gasteiger partial charge is 0.472 e. The monoisotopic (exact) mass is 314 g/mol. The van der Waals surface area contributed by atoms with E-state index in [2.05, 4.69) is 37.0 Å². The third-order valence-corrected chi connectivity index (χ3v) is 2.25. The zero-order valence-corrected chi connectivity index (χ0v) is 13.5. The SMILES string of the molecule is C=C(C)C(=O)OC(C)OP(=O)(O)O.C[N+](C)(C)CCO. The number of quaternary nitrogens is 1. The van der Waals surface area contributed by atoms with Gasteiger partial charge < -0.3 is 24.1 Å². The second-order valence-corrected chi connectivity index (χ2v) is 6.28. The molecule has 0 bridgehead atoms. The minimum atomic E-state index is -4.62. The molecule has 0 aromatic carbocycles. The van der Waals surface area contributed by atoms with E-state index in [0.29, 0.717) is 0 Å². The molecule has 3 N–H and O–H groups in total. The van der Waals surface area contributed by atoms with Crippen LogP contribution in [0.2, 0.25) is 0 Å². The van der Waals surface area contributed by atoms with Crippen molar-refractivity contribution >= 4 is 13.8 Å². The zero-order chi connectivity index (χ0) is 16.6. The Morgan fingerprint density at radius 3 is 2.00 bits per heavy atom. The molecule has 0 fully saturated rings. The third-order valence-electron chi connectivity index (χ3n) is 1.68. The van der Waals surface area contributed by atoms with Crippen molar-refractivity contribution in [1.29, 1.82) is 0 Å². The summed E-state index contributed by atoms with van der Waals surface area (Å²) < 4.78 is 19.6. The summed E-state index contributed by atoms with van der Waals surface area (Å²) in [6.07, 6.45) is -1.30. The molecule has 0 saturated heterocycles. The van der Waals surface area contributed by atoms with Gasteiger partial charge in [-0.05, 0) is 13.8 Å². The lowest BCUT2D eigenvalue weighted by atomic mass is 10.4. The summed E-state index contributed by atoms with van der Waals surface area (Å²) in [6, 6.07) is 0. The molecular formula is C11H25NO7P+. The van der Waals surface area contributed by atoms with Crippen molar-refractivity contribution in [2.45, 2.75) is 20.1 Å². The highest BCUT2D eigenvalue weighted by atomic mass is 31.2. The van der Waals surface area contributed by atoms with Crippen LogP contribution in [0.4, 0.5) is 0 Å². The molecular weight excluding hydrogens is 289 g/mol. The summed E-state index contributed by atoms with van der Waals surface area (Å²) in [5.74, 6) is -0.763. The molecule has 8 nitrogen and oxygen atoms in total. The van der Waals surface area contributed by atoms with E-state index in [-0.39, 0.29) is 12.2 Å². The molecule has 0 aromatic heterocycles. The van der Waals surface area contributed by atoms with Crippen molar-refractivity contribution in [3.63, 3.8) is 0 Å². The molecule has 1 atom stereocenters. The van der Waals surface area contributed by atoms with Crippen LogP contribution < -0.4 is 0 Å². The zero-order valence-electron chi connectivity index (χ0n) is 12.6. The fraction of sp³-hybridized carbons (Fsp3) is 0.727. The van der Waals surface area contributed by atoms with Gasteiger partial charge in [0, 0.05) is 5.57 Å². The quantitative estimate of drug-likeness (QED) is 0.212. The molecule has 9 heteroatoms. The Bertz CT molecular complexity index is 358. The molecule has 0 aliphatic rings. The number of rotatable bonds is 6. The van der Waals surface area contributed by atoms with Crippen LogP contribution in [-0.4, -0.2) is 65.9 Å². The molecule has 120 valence electrons. The van der Waals surface area contributed by atoms with E-state index >= 15 is 0 Å². The van der Waals surface area contributed by atoms with Gasteiger partial charge in [-0.25, -0.2) is 13.9 Å². The Balaban J connectivity index is 0. The number of nitrogens with zero attached hydrogens (tertiary/aromatic N) is 1. The summed E-state index contributed by atoms with van der Waals surface area (Å²) in [6.45, 7) is 7.00. The fourth-order valence-electron chi connectivity index (χ4n) is 0.766. The van der Waals surface area contributed by atoms with Gasteiger partial charge in [0.2, 0.25) is 6.29 Å². The number of ether oxygens (including phenoxy) is 1. The number of carbonyl (C=O) groups is 1. The summed E-state index contributed by atoms with van der Waals surface area (Å²) in [5.41, 5.74) is 0.126. The van der Waals surface area contributed by atoms with Crippen LogP contribution in [0.3, 0.4) is 0 Å². The van der Waals surface area contributed by atoms with Crippen LogP contribution >= 0.6 is 7.82 Å². The van der Waals surface area contributed by atoms with Gasteiger partial charge in [-0.1, -0.05) is 6.58 Å². The average Bonchev–Trinajstić information content (AvgIpc) is 2.12. The molecule has 0 radical (unpaired) electrons. The molecule has 0 aromatic rings. The van der Waals surface area contributed by atoms with E-state index in [0.717, 1.165) is 11.0 Å². The Morgan fingerprint density at radius 2 is 1.80 bits per heavy atom. The Kier molecular flexibility index (Phi) is 9.94. The summed E-state index contributed by atoms with van der Waals surface area (Å²) in [7, 11) is 1.54. The van der Waals surface area contributed by atoms with E-state index in [1.807, 2.05) is 0 Å². The highest BCUT2D eigenvalue weighted by Crippen LogP contribution is 2.37. The number of aliphatic hydroxyl groups is 1. The van der Waals surface area contributed by atoms with Crippen LogP contribution in [0.1, 0.15) is 13.8 Å². The number of esters is 1. The minimum Gasteiger partial charge on any atom is -0.432 e. The lowest BCUT2D eigenvalue weighted by Crippen LogP contribution is -2.36. The van der Waals surface area contributed by atoms with Gasteiger partial charge in [-0.2, -0.15) is 0 Å². The van der Waals surface area contributed by atoms with E-state index < -0.39 is 20.1 Å². The lowest BCUT2D eigenvalue weighted by Gasteiger charge is -2.21. The van der Waals surface area contributed by atoms with Gasteiger partial charge in [0.15, 0.2) is 0 Å². The summed E-state index contributed by atoms with van der Waals surface area (Å²) in [5, 5.41) is 8.39. The smallest absolute Gasteiger partial charge is 0.432 e. The second kappa shape index (κ2) is 9.23. The fourth-order valence-corrected chi connectivity index (χ4v) is 1.20. The van der Waals surface area contributed by atoms with Gasteiger partial charge >= 0.3 is 13.8 Å². The molecule has 0 heterocycles. The first-order valence-electron chi connectivity index (χ1n) is 5.80. The maximum absolute atomic E-state index is 10.8. The molecule has 1 unspecified atom stereocenters. The van der Waals surface area contributed by atoms with Crippen molar-refractivity contribution in [1.82, 2.24) is 0 Å². The van der Waals surface area contributed by atoms with Crippen LogP contribution in [0.5, 0.6) is 0 Å². The van der Waals surface area contributed by atoms with Crippen LogP contribution in [0.25, 0.3) is 0 Å². The van der Waals surface area contributed by atoms with E-state index in [4.69, 9.17) is 14.9 Å². The molecule has 0 saturated carbocycles. The van der Waals surface area contributed by atoms with E-state index in [1.54, 1.807) is 0 Å². The van der Waals surface area contributed by atoms with Crippen LogP contribution in [-0.2, 0) is 18.6 Å². The summed E-state index contributed by atoms with van der Waals surface area (Å²) >= 11 is 0. The highest BCUT2D eigenvalue weighted by molar-refractivity contribution is 7.46. The standard InChI is InChI=1S/C6H11O6P.C5H14NO/c1-4(2)6(7)11-5(3)12-13(8,9)10;1-6(2,3)4-5-7/h5H,1H2,2-3H3,(H2,8,9,10);7H,4-5H2,1-3H3/q;+1. The summed E-state index contributed by atoms with van der Waals surface area (Å²) in [4.78, 5) is 27.4. The van der Waals surface area contributed by atoms with E-state index in [9.17, 15) is 9.36 Å². The molecule has 0 aliphatic carbocycles. The van der Waals surface area contributed by atoms with E-state index in [1.165, 1.54) is 13.8 Å². The topological polar surface area (TPSA) is 113 Å². The Labute approximate surface area is 119 Å². The van der Waals surface area contributed by atoms with Gasteiger partial charge in [0.25, 0.3) is 0 Å². The van der Waals surface area contributed by atoms with Gasteiger partial charge in [-0.15, -0.1) is 0 Å². The van der Waals surface area contributed by atoms with Gasteiger partial charge in [0.05, 0.1) is 27.7 Å². The van der Waals surface area contributed by atoms with Crippen molar-refractivity contribution in [3.8, 4) is 0 Å². The highest BCUT2D eigenvalue weighted by Gasteiger charge is 2.21. The molecule has 20 heavy (non-hydrogen) atoms. The average molecular weight is 314 g/mol. The number of carbonyl (C=O) groups excluding carboxylic acids is 1. The number of aliphatic hydroxyl groups excluding tert-OH is 1. The number of phosphoric ester groups is 1. The first-order chi connectivity index (χ1) is 8.78. The minimum absolute atomic E-state index is 0.126. The third kappa shape index (κ3) is 17.2. The van der Waals surface area contributed by atoms with Crippen molar-refractivity contribution in [2.24, 2.45) is 0 Å². The second-order valence-electron chi connectivity index (χ2n) is 5.09. The maximum Gasteiger partial charge on any atom is 0.472 e. The predicted molar refractivity (Wildman–Crippen MR) is 73.5 cm³/mol. The number of hydrogen-bond donors (Lipinski definition) is 3. The first kappa shape index (κ1) is 21.5. The molecule has 0 amide bonds. The first-order valence-corrected chi connectivity index (χ1v) is 7.33. The van der Waals surface area contributed by atoms with Crippen LogP contribution in [0.15, 0.2) is 12.2 Å². The predicted octanol–water partition coefficient (Wildman–Crippen LogP) is 0.246. The number of hydrogen-bond acceptors (Lipinski definition) is 5. The van der Waals surface area contributed by atoms with Gasteiger partial charge in [-0.3, -0.25) is 0 Å². The Morgan fingerprint density at radius 1 is 1.35 bits per heavy atom. The van der Waals surface area contributed by atoms with Crippen LogP contribution in [0, 0.1) is 0 Å². The molecule has 0 rings (SSSR count). The lowest BCUT2D eigenvalue weighted by molar-refractivity contribution is -0.870. The van der Waals surface area contributed by atoms with Crippen molar-refractivity contribution < 1.29 is 38.0 Å². The molecule has 0 aliphatic heterocycles. The maximum atomic E-state index is 10.8. The number of likely N-dealkylation sites (N-methyl/N-ethyl adjacent to an activating group) is 1.